The zero-order valence-corrected chi connectivity index (χ0v) is 18.5. The molecule has 1 N–H and O–H groups in total. The first-order chi connectivity index (χ1) is 14.1. The summed E-state index contributed by atoms with van der Waals surface area (Å²) in [5.74, 6) is -0.266. The average molecular weight is 428 g/mol. The number of nitrogens with zero attached hydrogens (tertiary/aromatic N) is 2. The Hall–Kier alpha value is -3.13. The van der Waals surface area contributed by atoms with E-state index in [0.717, 1.165) is 21.0 Å². The second kappa shape index (κ2) is 8.31. The van der Waals surface area contributed by atoms with E-state index in [2.05, 4.69) is 10.5 Å². The second-order valence-electron chi connectivity index (χ2n) is 7.37. The van der Waals surface area contributed by atoms with Crippen molar-refractivity contribution in [2.24, 2.45) is 0 Å². The molecule has 0 fully saturated rings. The number of amides is 1. The molecule has 7 nitrogen and oxygen atoms in total. The molecule has 2 aromatic carbocycles. The van der Waals surface area contributed by atoms with Gasteiger partial charge in [0.1, 0.15) is 12.2 Å². The van der Waals surface area contributed by atoms with E-state index in [4.69, 9.17) is 4.52 Å². The lowest BCUT2D eigenvalue weighted by Gasteiger charge is -2.24. The number of carbonyl (C=O) groups is 1. The Morgan fingerprint density at radius 1 is 1.00 bits per heavy atom. The topological polar surface area (TPSA) is 92.5 Å². The van der Waals surface area contributed by atoms with Crippen LogP contribution in [0.4, 0.5) is 11.4 Å². The van der Waals surface area contributed by atoms with Gasteiger partial charge < -0.3 is 9.84 Å². The molecular weight excluding hydrogens is 402 g/mol. The predicted molar refractivity (Wildman–Crippen MR) is 116 cm³/mol. The molecule has 0 aliphatic heterocycles. The summed E-state index contributed by atoms with van der Waals surface area (Å²) >= 11 is 0. The number of hydrogen-bond acceptors (Lipinski definition) is 5. The van der Waals surface area contributed by atoms with Crippen LogP contribution in [0, 0.1) is 34.6 Å². The maximum atomic E-state index is 13.5. The standard InChI is InChI=1S/C22H25N3O4S/c1-14-6-9-19(10-7-14)25(30(27,28)22-17(4)24-29-18(22)5)13-21(26)23-20-11-8-15(2)12-16(20)3/h6-12H,13H2,1-5H3,(H,23,26). The molecule has 0 spiro atoms. The third-order valence-electron chi connectivity index (χ3n) is 4.78. The van der Waals surface area contributed by atoms with Gasteiger partial charge in [-0.1, -0.05) is 40.5 Å². The minimum absolute atomic E-state index is 0.0256. The number of benzene rings is 2. The minimum atomic E-state index is -4.07. The summed E-state index contributed by atoms with van der Waals surface area (Å²) in [5, 5.41) is 6.57. The molecule has 0 radical (unpaired) electrons. The van der Waals surface area contributed by atoms with Gasteiger partial charge in [0.25, 0.3) is 10.0 Å². The summed E-state index contributed by atoms with van der Waals surface area (Å²) in [7, 11) is -4.07. The summed E-state index contributed by atoms with van der Waals surface area (Å²) in [6.07, 6.45) is 0. The van der Waals surface area contributed by atoms with Gasteiger partial charge in [0, 0.05) is 5.69 Å². The van der Waals surface area contributed by atoms with Crippen molar-refractivity contribution in [2.75, 3.05) is 16.2 Å². The van der Waals surface area contributed by atoms with Gasteiger partial charge in [-0.3, -0.25) is 9.10 Å². The Balaban J connectivity index is 1.98. The number of anilines is 2. The molecule has 8 heteroatoms. The Bertz CT molecular complexity index is 1160. The average Bonchev–Trinajstić information content (AvgIpc) is 3.02. The van der Waals surface area contributed by atoms with E-state index in [9.17, 15) is 13.2 Å². The van der Waals surface area contributed by atoms with E-state index in [1.807, 2.05) is 39.0 Å². The molecule has 0 aliphatic carbocycles. The highest BCUT2D eigenvalue weighted by atomic mass is 32.2. The van der Waals surface area contributed by atoms with Gasteiger partial charge in [-0.15, -0.1) is 0 Å². The molecule has 0 aliphatic rings. The highest BCUT2D eigenvalue weighted by Gasteiger charge is 2.32. The molecule has 0 bridgehead atoms. The summed E-state index contributed by atoms with van der Waals surface area (Å²) in [5.41, 5.74) is 4.24. The lowest BCUT2D eigenvalue weighted by Crippen LogP contribution is -2.38. The Kier molecular flexibility index (Phi) is 5.98. The molecule has 3 rings (SSSR count). The Morgan fingerprint density at radius 3 is 2.20 bits per heavy atom. The predicted octanol–water partition coefficient (Wildman–Crippen LogP) is 4.05. The van der Waals surface area contributed by atoms with Crippen LogP contribution in [0.5, 0.6) is 0 Å². The Morgan fingerprint density at radius 2 is 1.63 bits per heavy atom. The first-order valence-electron chi connectivity index (χ1n) is 9.49. The van der Waals surface area contributed by atoms with Crippen LogP contribution in [0.3, 0.4) is 0 Å². The fraction of sp³-hybridized carbons (Fsp3) is 0.273. The molecular formula is C22H25N3O4S. The number of aromatic nitrogens is 1. The summed E-state index contributed by atoms with van der Waals surface area (Å²) in [6.45, 7) is 8.48. The molecule has 0 saturated carbocycles. The van der Waals surface area contributed by atoms with Crippen LogP contribution in [0.25, 0.3) is 0 Å². The van der Waals surface area contributed by atoms with Crippen LogP contribution in [-0.4, -0.2) is 26.0 Å². The van der Waals surface area contributed by atoms with Gasteiger partial charge in [0.2, 0.25) is 5.91 Å². The summed E-state index contributed by atoms with van der Waals surface area (Å²) in [6, 6.07) is 12.6. The van der Waals surface area contributed by atoms with E-state index in [0.29, 0.717) is 11.4 Å². The monoisotopic (exact) mass is 427 g/mol. The minimum Gasteiger partial charge on any atom is -0.360 e. The van der Waals surface area contributed by atoms with Gasteiger partial charge in [-0.05, 0) is 58.4 Å². The second-order valence-corrected chi connectivity index (χ2v) is 9.17. The summed E-state index contributed by atoms with van der Waals surface area (Å²) in [4.78, 5) is 12.8. The maximum absolute atomic E-state index is 13.5. The van der Waals surface area contributed by atoms with E-state index >= 15 is 0 Å². The quantitative estimate of drug-likeness (QED) is 0.641. The molecule has 3 aromatic rings. The van der Waals surface area contributed by atoms with Crippen molar-refractivity contribution >= 4 is 27.3 Å². The van der Waals surface area contributed by atoms with Gasteiger partial charge in [-0.2, -0.15) is 0 Å². The number of sulfonamides is 1. The van der Waals surface area contributed by atoms with Gasteiger partial charge in [0.05, 0.1) is 5.69 Å². The Labute approximate surface area is 176 Å². The highest BCUT2D eigenvalue weighted by Crippen LogP contribution is 2.28. The SMILES string of the molecule is Cc1ccc(N(CC(=O)Nc2ccc(C)cc2C)S(=O)(=O)c2c(C)noc2C)cc1. The van der Waals surface area contributed by atoms with Crippen molar-refractivity contribution in [2.45, 2.75) is 39.5 Å². The molecule has 30 heavy (non-hydrogen) atoms. The normalized spacial score (nSPS) is 11.4. The lowest BCUT2D eigenvalue weighted by atomic mass is 10.1. The van der Waals surface area contributed by atoms with Crippen molar-refractivity contribution in [3.05, 3.63) is 70.6 Å². The number of carbonyl (C=O) groups excluding carboxylic acids is 1. The van der Waals surface area contributed by atoms with Gasteiger partial charge >= 0.3 is 0 Å². The number of nitrogens with one attached hydrogen (secondary N) is 1. The van der Waals surface area contributed by atoms with Crippen molar-refractivity contribution in [1.29, 1.82) is 0 Å². The first-order valence-corrected chi connectivity index (χ1v) is 10.9. The van der Waals surface area contributed by atoms with Crippen LogP contribution >= 0.6 is 0 Å². The third kappa shape index (κ3) is 4.38. The lowest BCUT2D eigenvalue weighted by molar-refractivity contribution is -0.114. The fourth-order valence-corrected chi connectivity index (χ4v) is 4.97. The van der Waals surface area contributed by atoms with Crippen LogP contribution < -0.4 is 9.62 Å². The smallest absolute Gasteiger partial charge is 0.270 e. The van der Waals surface area contributed by atoms with Crippen LogP contribution in [0.2, 0.25) is 0 Å². The van der Waals surface area contributed by atoms with Gasteiger partial charge in [-0.25, -0.2) is 8.42 Å². The zero-order valence-electron chi connectivity index (χ0n) is 17.7. The fourth-order valence-electron chi connectivity index (χ4n) is 3.25. The molecule has 158 valence electrons. The van der Waals surface area contributed by atoms with E-state index in [-0.39, 0.29) is 22.9 Å². The molecule has 0 atom stereocenters. The van der Waals surface area contributed by atoms with Crippen LogP contribution in [0.1, 0.15) is 28.1 Å². The van der Waals surface area contributed by atoms with Gasteiger partial charge in [0.15, 0.2) is 10.7 Å². The van der Waals surface area contributed by atoms with E-state index in [1.54, 1.807) is 31.2 Å². The molecule has 1 aromatic heterocycles. The first kappa shape index (κ1) is 21.6. The van der Waals surface area contributed by atoms with Crippen LogP contribution in [-0.2, 0) is 14.8 Å². The number of rotatable bonds is 6. The van der Waals surface area contributed by atoms with Crippen LogP contribution in [0.15, 0.2) is 51.9 Å². The van der Waals surface area contributed by atoms with E-state index in [1.165, 1.54) is 6.92 Å². The zero-order chi connectivity index (χ0) is 22.1. The van der Waals surface area contributed by atoms with Crippen molar-refractivity contribution in [1.82, 2.24) is 5.16 Å². The largest absolute Gasteiger partial charge is 0.360 e. The molecule has 0 unspecified atom stereocenters. The summed E-state index contributed by atoms with van der Waals surface area (Å²) < 4.78 is 33.1. The van der Waals surface area contributed by atoms with E-state index < -0.39 is 15.9 Å². The van der Waals surface area contributed by atoms with Crippen molar-refractivity contribution in [3.8, 4) is 0 Å². The number of aryl methyl sites for hydroxylation is 5. The molecule has 1 heterocycles. The maximum Gasteiger partial charge on any atom is 0.270 e. The molecule has 0 saturated heterocycles. The third-order valence-corrected chi connectivity index (χ3v) is 6.80. The number of hydrogen-bond donors (Lipinski definition) is 1. The molecule has 1 amide bonds. The van der Waals surface area contributed by atoms with Crippen molar-refractivity contribution < 1.29 is 17.7 Å². The highest BCUT2D eigenvalue weighted by molar-refractivity contribution is 7.93. The van der Waals surface area contributed by atoms with Crippen molar-refractivity contribution in [3.63, 3.8) is 0 Å².